The van der Waals surface area contributed by atoms with Crippen LogP contribution in [0.4, 0.5) is 17.1 Å². The van der Waals surface area contributed by atoms with Crippen LogP contribution in [0.2, 0.25) is 0 Å². The van der Waals surface area contributed by atoms with Crippen molar-refractivity contribution < 1.29 is 19.1 Å². The molecule has 10 heteroatoms. The molecule has 2 amide bonds. The monoisotopic (exact) mass is 609 g/mol. The van der Waals surface area contributed by atoms with E-state index in [-0.39, 0.29) is 17.8 Å². The summed E-state index contributed by atoms with van der Waals surface area (Å²) in [5, 5.41) is 5.85. The lowest BCUT2D eigenvalue weighted by molar-refractivity contribution is -0.140. The molecule has 0 unspecified atom stereocenters. The van der Waals surface area contributed by atoms with Gasteiger partial charge in [0.2, 0.25) is 0 Å². The number of aromatic nitrogens is 2. The van der Waals surface area contributed by atoms with Gasteiger partial charge in [-0.2, -0.15) is 11.8 Å². The van der Waals surface area contributed by atoms with Crippen molar-refractivity contribution in [1.29, 1.82) is 0 Å². The van der Waals surface area contributed by atoms with E-state index in [0.29, 0.717) is 46.3 Å². The fourth-order valence-electron chi connectivity index (χ4n) is 4.95. The van der Waals surface area contributed by atoms with Gasteiger partial charge in [0.05, 0.1) is 42.9 Å². The normalized spacial score (nSPS) is 12.8. The molecule has 0 aliphatic carbocycles. The molecule has 0 bridgehead atoms. The summed E-state index contributed by atoms with van der Waals surface area (Å²) >= 11 is 1.60. The SMILES string of the molecule is COC(=O)CCSCc1cccc(C(=O)Nc2ccc(N3CCCCC3)cc2C(=O)Nc2cnc(-c3ccccc3)nc2)c1. The largest absolute Gasteiger partial charge is 0.469 e. The summed E-state index contributed by atoms with van der Waals surface area (Å²) in [7, 11) is 1.38. The Kier molecular flexibility index (Phi) is 10.6. The number of thioether (sulfide) groups is 1. The lowest BCUT2D eigenvalue weighted by Crippen LogP contribution is -2.29. The quantitative estimate of drug-likeness (QED) is 0.148. The third-order valence-electron chi connectivity index (χ3n) is 7.29. The molecule has 0 spiro atoms. The first-order valence-electron chi connectivity index (χ1n) is 14.6. The number of amides is 2. The predicted octanol–water partition coefficient (Wildman–Crippen LogP) is 6.43. The van der Waals surface area contributed by atoms with Gasteiger partial charge in [0.1, 0.15) is 0 Å². The Morgan fingerprint density at radius 1 is 0.864 bits per heavy atom. The zero-order valence-electron chi connectivity index (χ0n) is 24.6. The van der Waals surface area contributed by atoms with Crippen LogP contribution in [-0.2, 0) is 15.3 Å². The maximum absolute atomic E-state index is 13.6. The van der Waals surface area contributed by atoms with Crippen molar-refractivity contribution in [2.45, 2.75) is 31.4 Å². The molecule has 2 heterocycles. The first kappa shape index (κ1) is 30.7. The van der Waals surface area contributed by atoms with Crippen LogP contribution in [0.5, 0.6) is 0 Å². The van der Waals surface area contributed by atoms with Crippen LogP contribution in [0, 0.1) is 0 Å². The third-order valence-corrected chi connectivity index (χ3v) is 8.33. The third kappa shape index (κ3) is 8.23. The van der Waals surface area contributed by atoms with Gasteiger partial charge in [-0.1, -0.05) is 42.5 Å². The summed E-state index contributed by atoms with van der Waals surface area (Å²) in [6.45, 7) is 1.85. The molecular weight excluding hydrogens is 574 g/mol. The molecule has 3 aromatic carbocycles. The first-order valence-corrected chi connectivity index (χ1v) is 15.8. The van der Waals surface area contributed by atoms with Crippen molar-refractivity contribution in [2.24, 2.45) is 0 Å². The number of piperidine rings is 1. The van der Waals surface area contributed by atoms with Crippen LogP contribution in [0.15, 0.2) is 85.2 Å². The molecule has 0 atom stereocenters. The molecule has 4 aromatic rings. The van der Waals surface area contributed by atoms with E-state index in [1.807, 2.05) is 60.7 Å². The first-order chi connectivity index (χ1) is 21.5. The highest BCUT2D eigenvalue weighted by atomic mass is 32.2. The van der Waals surface area contributed by atoms with Crippen molar-refractivity contribution in [1.82, 2.24) is 9.97 Å². The Morgan fingerprint density at radius 3 is 2.39 bits per heavy atom. The van der Waals surface area contributed by atoms with E-state index in [0.717, 1.165) is 42.7 Å². The van der Waals surface area contributed by atoms with Gasteiger partial charge in [0.25, 0.3) is 11.8 Å². The standard InChI is InChI=1S/C34H35N5O4S/c1-43-31(40)15-18-44-23-24-9-8-12-26(19-24)33(41)38-30-14-13-28(39-16-6-3-7-17-39)20-29(30)34(42)37-27-21-35-32(36-22-27)25-10-4-2-5-11-25/h2,4-5,8-14,19-22H,3,6-7,15-18,23H2,1H3,(H,37,42)(H,38,41). The molecule has 2 N–H and O–H groups in total. The Labute approximate surface area is 261 Å². The Balaban J connectivity index is 1.32. The summed E-state index contributed by atoms with van der Waals surface area (Å²) in [5.74, 6) is 0.917. The number of nitrogens with one attached hydrogen (secondary N) is 2. The Bertz CT molecular complexity index is 1590. The lowest BCUT2D eigenvalue weighted by Gasteiger charge is -2.29. The number of nitrogens with zero attached hydrogens (tertiary/aromatic N) is 3. The number of carbonyl (C=O) groups is 3. The molecule has 1 saturated heterocycles. The second-order valence-corrected chi connectivity index (χ2v) is 11.5. The fraction of sp³-hybridized carbons (Fsp3) is 0.265. The van der Waals surface area contributed by atoms with Crippen LogP contribution < -0.4 is 15.5 Å². The second kappa shape index (κ2) is 15.2. The van der Waals surface area contributed by atoms with Crippen LogP contribution in [0.25, 0.3) is 11.4 Å². The average Bonchev–Trinajstić information content (AvgIpc) is 3.08. The van der Waals surface area contributed by atoms with Crippen molar-refractivity contribution in [2.75, 3.05) is 41.5 Å². The molecule has 1 aromatic heterocycles. The van der Waals surface area contributed by atoms with Crippen LogP contribution in [-0.4, -0.2) is 53.7 Å². The maximum Gasteiger partial charge on any atom is 0.306 e. The molecule has 1 aliphatic rings. The molecular formula is C34H35N5O4S. The van der Waals surface area contributed by atoms with E-state index < -0.39 is 0 Å². The van der Waals surface area contributed by atoms with Gasteiger partial charge in [-0.15, -0.1) is 0 Å². The van der Waals surface area contributed by atoms with Crippen molar-refractivity contribution in [3.8, 4) is 11.4 Å². The van der Waals surface area contributed by atoms with E-state index in [9.17, 15) is 14.4 Å². The smallest absolute Gasteiger partial charge is 0.306 e. The number of rotatable bonds is 11. The number of ether oxygens (including phenoxy) is 1. The van der Waals surface area contributed by atoms with Gasteiger partial charge in [-0.25, -0.2) is 9.97 Å². The van der Waals surface area contributed by atoms with Gasteiger partial charge in [0.15, 0.2) is 5.82 Å². The molecule has 1 fully saturated rings. The fourth-order valence-corrected chi connectivity index (χ4v) is 5.82. The Hall–Kier alpha value is -4.70. The van der Waals surface area contributed by atoms with Gasteiger partial charge < -0.3 is 20.3 Å². The highest BCUT2D eigenvalue weighted by Crippen LogP contribution is 2.28. The van der Waals surface area contributed by atoms with E-state index in [2.05, 4.69) is 30.2 Å². The van der Waals surface area contributed by atoms with Crippen LogP contribution in [0.1, 0.15) is 52.0 Å². The minimum absolute atomic E-state index is 0.242. The maximum atomic E-state index is 13.6. The second-order valence-electron chi connectivity index (χ2n) is 10.4. The molecule has 226 valence electrons. The average molecular weight is 610 g/mol. The number of benzene rings is 3. The minimum atomic E-state index is -0.369. The van der Waals surface area contributed by atoms with Gasteiger partial charge in [-0.05, 0) is 55.2 Å². The molecule has 0 saturated carbocycles. The van der Waals surface area contributed by atoms with Crippen LogP contribution >= 0.6 is 11.8 Å². The molecule has 44 heavy (non-hydrogen) atoms. The van der Waals surface area contributed by atoms with Gasteiger partial charge in [0, 0.05) is 41.4 Å². The number of hydrogen-bond donors (Lipinski definition) is 2. The number of anilines is 3. The molecule has 1 aliphatic heterocycles. The lowest BCUT2D eigenvalue weighted by atomic mass is 10.1. The predicted molar refractivity (Wildman–Crippen MR) is 175 cm³/mol. The molecule has 5 rings (SSSR count). The summed E-state index contributed by atoms with van der Waals surface area (Å²) in [6.07, 6.45) is 6.89. The van der Waals surface area contributed by atoms with E-state index in [1.54, 1.807) is 36.3 Å². The highest BCUT2D eigenvalue weighted by Gasteiger charge is 2.19. The summed E-state index contributed by atoms with van der Waals surface area (Å²) in [6, 6.07) is 22.5. The number of methoxy groups -OCH3 is 1. The van der Waals surface area contributed by atoms with Crippen LogP contribution in [0.3, 0.4) is 0 Å². The van der Waals surface area contributed by atoms with Crippen molar-refractivity contribution in [3.63, 3.8) is 0 Å². The van der Waals surface area contributed by atoms with Gasteiger partial charge >= 0.3 is 5.97 Å². The Morgan fingerprint density at radius 2 is 1.64 bits per heavy atom. The number of carbonyl (C=O) groups excluding carboxylic acids is 3. The minimum Gasteiger partial charge on any atom is -0.469 e. The number of hydrogen-bond acceptors (Lipinski definition) is 8. The molecule has 9 nitrogen and oxygen atoms in total. The van der Waals surface area contributed by atoms with Crippen molar-refractivity contribution >= 4 is 46.6 Å². The zero-order valence-corrected chi connectivity index (χ0v) is 25.4. The zero-order chi connectivity index (χ0) is 30.7. The summed E-state index contributed by atoms with van der Waals surface area (Å²) < 4.78 is 4.69. The van der Waals surface area contributed by atoms with E-state index in [4.69, 9.17) is 0 Å². The van der Waals surface area contributed by atoms with E-state index in [1.165, 1.54) is 13.5 Å². The summed E-state index contributed by atoms with van der Waals surface area (Å²) in [4.78, 5) is 49.5. The highest BCUT2D eigenvalue weighted by molar-refractivity contribution is 7.98. The molecule has 0 radical (unpaired) electrons. The summed E-state index contributed by atoms with van der Waals surface area (Å²) in [5.41, 5.74) is 4.48. The van der Waals surface area contributed by atoms with Crippen molar-refractivity contribution in [3.05, 3.63) is 102 Å². The topological polar surface area (TPSA) is 114 Å². The van der Waals surface area contributed by atoms with E-state index >= 15 is 0 Å². The van der Waals surface area contributed by atoms with Gasteiger partial charge in [-0.3, -0.25) is 14.4 Å². The number of esters is 1.